The Morgan fingerprint density at radius 2 is 2.16 bits per heavy atom. The van der Waals surface area contributed by atoms with E-state index >= 15 is 0 Å². The molecule has 5 heteroatoms. The number of hydrogen-bond donors (Lipinski definition) is 0. The Bertz CT molecular complexity index is 547. The van der Waals surface area contributed by atoms with Crippen molar-refractivity contribution in [1.29, 1.82) is 0 Å². The molecule has 1 heterocycles. The Morgan fingerprint density at radius 1 is 1.42 bits per heavy atom. The van der Waals surface area contributed by atoms with Crippen LogP contribution < -0.4 is 4.74 Å². The van der Waals surface area contributed by atoms with Crippen LogP contribution in [0.2, 0.25) is 0 Å². The molecule has 1 aliphatic heterocycles. The summed E-state index contributed by atoms with van der Waals surface area (Å²) in [6.07, 6.45) is 3.64. The van der Waals surface area contributed by atoms with Gasteiger partial charge in [0.2, 0.25) is 0 Å². The molecule has 19 heavy (non-hydrogen) atoms. The molecular formula is C14H13NO2S2. The van der Waals surface area contributed by atoms with E-state index in [1.165, 1.54) is 23.5 Å². The second-order valence-electron chi connectivity index (χ2n) is 3.67. The molecule has 0 saturated heterocycles. The van der Waals surface area contributed by atoms with Crippen LogP contribution >= 0.6 is 23.5 Å². The van der Waals surface area contributed by atoms with Gasteiger partial charge in [-0.05, 0) is 23.8 Å². The van der Waals surface area contributed by atoms with Crippen molar-refractivity contribution in [2.24, 2.45) is 4.99 Å². The zero-order valence-electron chi connectivity index (χ0n) is 10.5. The molecule has 0 radical (unpaired) electrons. The summed E-state index contributed by atoms with van der Waals surface area (Å²) in [6, 6.07) is 7.55. The molecule has 2 rings (SSSR count). The van der Waals surface area contributed by atoms with E-state index in [9.17, 15) is 4.79 Å². The van der Waals surface area contributed by atoms with Crippen molar-refractivity contribution < 1.29 is 9.53 Å². The van der Waals surface area contributed by atoms with E-state index in [1.807, 2.05) is 30.3 Å². The third-order valence-corrected chi connectivity index (χ3v) is 4.46. The summed E-state index contributed by atoms with van der Waals surface area (Å²) in [5.74, 6) is 1.38. The highest BCUT2D eigenvalue weighted by molar-refractivity contribution is 8.41. The fraction of sp³-hybridized carbons (Fsp3) is 0.143. The number of carbonyl (C=O) groups excluding carboxylic acids is 1. The van der Waals surface area contributed by atoms with Gasteiger partial charge in [-0.15, -0.1) is 6.58 Å². The van der Waals surface area contributed by atoms with Crippen molar-refractivity contribution in [2.75, 3.05) is 12.9 Å². The number of ether oxygens (including phenoxy) is 1. The summed E-state index contributed by atoms with van der Waals surface area (Å²) in [6.45, 7) is 3.65. The van der Waals surface area contributed by atoms with Gasteiger partial charge in [-0.25, -0.2) is 0 Å². The van der Waals surface area contributed by atoms with Crippen molar-refractivity contribution in [3.63, 3.8) is 0 Å². The highest BCUT2D eigenvalue weighted by atomic mass is 32.2. The topological polar surface area (TPSA) is 38.7 Å². The summed E-state index contributed by atoms with van der Waals surface area (Å²) in [5.41, 5.74) is 0.960. The molecule has 0 atom stereocenters. The van der Waals surface area contributed by atoms with Crippen LogP contribution in [0.1, 0.15) is 5.56 Å². The maximum atomic E-state index is 11.7. The smallest absolute Gasteiger partial charge is 0.285 e. The van der Waals surface area contributed by atoms with Gasteiger partial charge in [0.25, 0.3) is 5.91 Å². The number of aliphatic imine (C=N–C) groups is 1. The first-order valence-corrected chi connectivity index (χ1v) is 7.43. The largest absolute Gasteiger partial charge is 0.497 e. The lowest BCUT2D eigenvalue weighted by atomic mass is 10.2. The van der Waals surface area contributed by atoms with Crippen LogP contribution in [0.15, 0.2) is 46.8 Å². The number of methoxy groups -OCH3 is 1. The predicted molar refractivity (Wildman–Crippen MR) is 83.7 cm³/mol. The van der Waals surface area contributed by atoms with Gasteiger partial charge < -0.3 is 4.74 Å². The molecule has 0 aliphatic carbocycles. The van der Waals surface area contributed by atoms with Crippen molar-refractivity contribution in [2.45, 2.75) is 0 Å². The molecule has 0 aromatic heterocycles. The Hall–Kier alpha value is -1.46. The fourth-order valence-electron chi connectivity index (χ4n) is 1.43. The third kappa shape index (κ3) is 3.75. The number of carbonyl (C=O) groups is 1. The van der Waals surface area contributed by atoms with Crippen LogP contribution in [-0.4, -0.2) is 23.1 Å². The van der Waals surface area contributed by atoms with Gasteiger partial charge in [-0.1, -0.05) is 41.7 Å². The van der Waals surface area contributed by atoms with Crippen molar-refractivity contribution >= 4 is 39.9 Å². The molecular weight excluding hydrogens is 278 g/mol. The monoisotopic (exact) mass is 291 g/mol. The number of thioether (sulfide) groups is 2. The van der Waals surface area contributed by atoms with Crippen LogP contribution in [-0.2, 0) is 4.79 Å². The van der Waals surface area contributed by atoms with E-state index in [4.69, 9.17) is 4.74 Å². The molecule has 0 unspecified atom stereocenters. The summed E-state index contributed by atoms with van der Waals surface area (Å²) < 4.78 is 5.88. The first kappa shape index (κ1) is 14.0. The van der Waals surface area contributed by atoms with E-state index in [0.29, 0.717) is 4.91 Å². The number of amides is 1. The summed E-state index contributed by atoms with van der Waals surface area (Å²) >= 11 is 2.93. The Balaban J connectivity index is 2.08. The zero-order chi connectivity index (χ0) is 13.7. The molecule has 0 fully saturated rings. The number of benzene rings is 1. The van der Waals surface area contributed by atoms with Gasteiger partial charge in [0, 0.05) is 5.75 Å². The van der Waals surface area contributed by atoms with Gasteiger partial charge in [0.1, 0.15) is 10.1 Å². The lowest BCUT2D eigenvalue weighted by Gasteiger charge is -2.00. The Morgan fingerprint density at radius 3 is 2.79 bits per heavy atom. The van der Waals surface area contributed by atoms with Gasteiger partial charge in [-0.3, -0.25) is 4.79 Å². The van der Waals surface area contributed by atoms with Gasteiger partial charge in [0.05, 0.1) is 12.0 Å². The van der Waals surface area contributed by atoms with E-state index in [0.717, 1.165) is 21.4 Å². The highest BCUT2D eigenvalue weighted by Crippen LogP contribution is 2.33. The normalized spacial score (nSPS) is 16.6. The van der Waals surface area contributed by atoms with Gasteiger partial charge in [0.15, 0.2) is 0 Å². The molecule has 0 spiro atoms. The molecule has 0 N–H and O–H groups in total. The minimum atomic E-state index is -0.174. The minimum absolute atomic E-state index is 0.174. The lowest BCUT2D eigenvalue weighted by molar-refractivity contribution is -0.113. The second-order valence-corrected chi connectivity index (χ2v) is 5.96. The molecule has 0 saturated carbocycles. The van der Waals surface area contributed by atoms with Crippen molar-refractivity contribution in [3.05, 3.63) is 47.4 Å². The van der Waals surface area contributed by atoms with E-state index < -0.39 is 0 Å². The standard InChI is InChI=1S/C14H13NO2S2/c1-3-8-18-14-15-13(16)12(19-14)9-10-4-6-11(17-2)7-5-10/h3-7,9H,1,8H2,2H3/b12-9-. The number of rotatable bonds is 4. The van der Waals surface area contributed by atoms with E-state index in [2.05, 4.69) is 11.6 Å². The Labute approximate surface area is 120 Å². The first-order chi connectivity index (χ1) is 9.22. The predicted octanol–water partition coefficient (Wildman–Crippen LogP) is 3.58. The molecule has 1 aromatic carbocycles. The second kappa shape index (κ2) is 6.63. The van der Waals surface area contributed by atoms with Crippen LogP contribution in [0.4, 0.5) is 0 Å². The summed E-state index contributed by atoms with van der Waals surface area (Å²) in [7, 11) is 1.63. The van der Waals surface area contributed by atoms with Gasteiger partial charge >= 0.3 is 0 Å². The highest BCUT2D eigenvalue weighted by Gasteiger charge is 2.21. The van der Waals surface area contributed by atoms with Crippen molar-refractivity contribution in [3.8, 4) is 5.75 Å². The maximum absolute atomic E-state index is 11.7. The SMILES string of the molecule is C=CCSC1=NC(=O)/C(=C/c2ccc(OC)cc2)S1. The van der Waals surface area contributed by atoms with Crippen LogP contribution in [0.3, 0.4) is 0 Å². The maximum Gasteiger partial charge on any atom is 0.285 e. The van der Waals surface area contributed by atoms with Crippen LogP contribution in [0.25, 0.3) is 6.08 Å². The Kier molecular flexibility index (Phi) is 4.87. The molecule has 1 aliphatic rings. The van der Waals surface area contributed by atoms with Gasteiger partial charge in [-0.2, -0.15) is 4.99 Å². The molecule has 1 amide bonds. The number of nitrogens with zero attached hydrogens (tertiary/aromatic N) is 1. The average molecular weight is 291 g/mol. The third-order valence-electron chi connectivity index (χ3n) is 2.34. The quantitative estimate of drug-likeness (QED) is 0.628. The zero-order valence-corrected chi connectivity index (χ0v) is 12.1. The molecule has 98 valence electrons. The average Bonchev–Trinajstić information content (AvgIpc) is 2.78. The van der Waals surface area contributed by atoms with Crippen LogP contribution in [0, 0.1) is 0 Å². The van der Waals surface area contributed by atoms with E-state index in [-0.39, 0.29) is 5.91 Å². The number of hydrogen-bond acceptors (Lipinski definition) is 4. The minimum Gasteiger partial charge on any atom is -0.497 e. The van der Waals surface area contributed by atoms with E-state index in [1.54, 1.807) is 13.2 Å². The summed E-state index contributed by atoms with van der Waals surface area (Å²) in [4.78, 5) is 16.4. The summed E-state index contributed by atoms with van der Waals surface area (Å²) in [5, 5.41) is 0. The molecule has 1 aromatic rings. The molecule has 0 bridgehead atoms. The lowest BCUT2D eigenvalue weighted by Crippen LogP contribution is -1.88. The first-order valence-electron chi connectivity index (χ1n) is 5.63. The fourth-order valence-corrected chi connectivity index (χ4v) is 3.19. The van der Waals surface area contributed by atoms with Crippen LogP contribution in [0.5, 0.6) is 5.75 Å². The molecule has 3 nitrogen and oxygen atoms in total. The van der Waals surface area contributed by atoms with Crippen molar-refractivity contribution in [1.82, 2.24) is 0 Å².